The van der Waals surface area contributed by atoms with Gasteiger partial charge in [0.2, 0.25) is 11.8 Å². The van der Waals surface area contributed by atoms with E-state index in [1.807, 2.05) is 37.3 Å². The summed E-state index contributed by atoms with van der Waals surface area (Å²) in [4.78, 5) is 33.4. The van der Waals surface area contributed by atoms with Crippen LogP contribution in [0.25, 0.3) is 33.2 Å². The second-order valence-electron chi connectivity index (χ2n) is 12.6. The highest BCUT2D eigenvalue weighted by Crippen LogP contribution is 2.43. The lowest BCUT2D eigenvalue weighted by Gasteiger charge is -2.20. The molecule has 1 fully saturated rings. The molecular formula is C36H33ClF3N7O3. The van der Waals surface area contributed by atoms with Crippen molar-refractivity contribution in [2.45, 2.75) is 50.9 Å². The van der Waals surface area contributed by atoms with Gasteiger partial charge in [-0.2, -0.15) is 18.3 Å². The van der Waals surface area contributed by atoms with Crippen LogP contribution < -0.4 is 26.2 Å². The minimum atomic E-state index is -4.74. The lowest BCUT2D eigenvalue weighted by atomic mass is 9.96. The number of anilines is 2. The Morgan fingerprint density at radius 3 is 2.54 bits per heavy atom. The monoisotopic (exact) mass is 703 g/mol. The molecule has 5 aromatic rings. The number of hydrogen-bond acceptors (Lipinski definition) is 8. The number of halogens is 4. The standard InChI is InChI=1S/C36H33ClF3N7O3/c1-18-22(6-5-9-25(18)44-33-31-20(16-42-47(2)35(31)49)15-28(46-33)36(38,39)40)23-7-4-8-24(32(23)37)27-14-19-10-12-26(30(19)34(45-27)50-3)41-17-21-11-13-29(48)43-21/h4-9,14-16,21,26,41H,10-13,17H2,1-3H3,(H,43,48)(H,44,46). The first-order valence-corrected chi connectivity index (χ1v) is 16.5. The van der Waals surface area contributed by atoms with E-state index >= 15 is 0 Å². The first-order valence-electron chi connectivity index (χ1n) is 16.1. The molecule has 3 aromatic heterocycles. The number of rotatable bonds is 8. The quantitative estimate of drug-likeness (QED) is 0.164. The number of pyridine rings is 2. The number of hydrogen-bond donors (Lipinski definition) is 3. The van der Waals surface area contributed by atoms with Crippen LogP contribution in [0.5, 0.6) is 5.88 Å². The van der Waals surface area contributed by atoms with Crippen molar-refractivity contribution in [3.05, 3.63) is 92.5 Å². The molecule has 7 rings (SSSR count). The second kappa shape index (κ2) is 13.0. The fourth-order valence-corrected chi connectivity index (χ4v) is 7.16. The first-order chi connectivity index (χ1) is 23.9. The molecule has 10 nitrogen and oxygen atoms in total. The number of ether oxygens (including phenoxy) is 1. The lowest BCUT2D eigenvalue weighted by Crippen LogP contribution is -2.36. The topological polar surface area (TPSA) is 123 Å². The Morgan fingerprint density at radius 2 is 1.80 bits per heavy atom. The van der Waals surface area contributed by atoms with Crippen molar-refractivity contribution in [2.75, 3.05) is 19.0 Å². The lowest BCUT2D eigenvalue weighted by molar-refractivity contribution is -0.141. The molecule has 2 unspecified atom stereocenters. The Kier molecular flexibility index (Phi) is 8.73. The Balaban J connectivity index is 1.23. The molecule has 1 aliphatic carbocycles. The Morgan fingerprint density at radius 1 is 1.04 bits per heavy atom. The van der Waals surface area contributed by atoms with Gasteiger partial charge in [0.1, 0.15) is 11.5 Å². The van der Waals surface area contributed by atoms with Gasteiger partial charge >= 0.3 is 6.18 Å². The smallest absolute Gasteiger partial charge is 0.433 e. The third kappa shape index (κ3) is 6.15. The highest BCUT2D eigenvalue weighted by atomic mass is 35.5. The van der Waals surface area contributed by atoms with E-state index in [1.54, 1.807) is 19.2 Å². The molecular weight excluding hydrogens is 671 g/mol. The third-order valence-corrected chi connectivity index (χ3v) is 9.83. The van der Waals surface area contributed by atoms with Crippen LogP contribution in [0.2, 0.25) is 5.02 Å². The zero-order valence-electron chi connectivity index (χ0n) is 27.4. The van der Waals surface area contributed by atoms with Crippen molar-refractivity contribution in [3.63, 3.8) is 0 Å². The molecule has 3 N–H and O–H groups in total. The van der Waals surface area contributed by atoms with Crippen LogP contribution in [0.15, 0.2) is 59.5 Å². The van der Waals surface area contributed by atoms with Gasteiger partial charge in [0.15, 0.2) is 0 Å². The molecule has 1 amide bonds. The van der Waals surface area contributed by atoms with Crippen molar-refractivity contribution in [1.29, 1.82) is 0 Å². The average molecular weight is 704 g/mol. The van der Waals surface area contributed by atoms with Crippen LogP contribution in [-0.4, -0.2) is 45.4 Å². The van der Waals surface area contributed by atoms with Crippen LogP contribution in [-0.2, 0) is 24.4 Å². The molecule has 2 aromatic carbocycles. The van der Waals surface area contributed by atoms with Gasteiger partial charge in [0.05, 0.1) is 29.4 Å². The number of nitrogens with one attached hydrogen (secondary N) is 3. The minimum Gasteiger partial charge on any atom is -0.481 e. The summed E-state index contributed by atoms with van der Waals surface area (Å²) in [7, 11) is 3.01. The van der Waals surface area contributed by atoms with Crippen LogP contribution in [0.3, 0.4) is 0 Å². The number of aryl methyl sites for hydroxylation is 2. The predicted molar refractivity (Wildman–Crippen MR) is 185 cm³/mol. The molecule has 2 aliphatic rings. The fourth-order valence-electron chi connectivity index (χ4n) is 6.84. The normalized spacial score (nSPS) is 17.2. The number of aromatic nitrogens is 4. The van der Waals surface area contributed by atoms with Gasteiger partial charge in [-0.25, -0.2) is 14.6 Å². The molecule has 14 heteroatoms. The molecule has 1 aliphatic heterocycles. The maximum absolute atomic E-state index is 13.8. The summed E-state index contributed by atoms with van der Waals surface area (Å²) in [6.07, 6.45) is -0.491. The summed E-state index contributed by atoms with van der Waals surface area (Å²) < 4.78 is 48.3. The number of methoxy groups -OCH3 is 1. The van der Waals surface area contributed by atoms with Gasteiger partial charge < -0.3 is 20.7 Å². The van der Waals surface area contributed by atoms with Crippen LogP contribution in [0, 0.1) is 6.92 Å². The van der Waals surface area contributed by atoms with Crippen molar-refractivity contribution >= 4 is 39.8 Å². The highest BCUT2D eigenvalue weighted by molar-refractivity contribution is 6.36. The van der Waals surface area contributed by atoms with Crippen molar-refractivity contribution < 1.29 is 22.7 Å². The van der Waals surface area contributed by atoms with Crippen LogP contribution in [0.1, 0.15) is 47.7 Å². The Labute approximate surface area is 290 Å². The van der Waals surface area contributed by atoms with E-state index in [9.17, 15) is 22.8 Å². The summed E-state index contributed by atoms with van der Waals surface area (Å²) >= 11 is 7.12. The summed E-state index contributed by atoms with van der Waals surface area (Å²) in [6.45, 7) is 2.48. The van der Waals surface area contributed by atoms with Gasteiger partial charge in [-0.3, -0.25) is 9.59 Å². The summed E-state index contributed by atoms with van der Waals surface area (Å²) in [5.41, 5.74) is 4.25. The zero-order valence-corrected chi connectivity index (χ0v) is 28.2. The van der Waals surface area contributed by atoms with E-state index in [2.05, 4.69) is 26.0 Å². The van der Waals surface area contributed by atoms with E-state index in [0.717, 1.165) is 46.7 Å². The zero-order chi connectivity index (χ0) is 35.3. The summed E-state index contributed by atoms with van der Waals surface area (Å²) in [5.74, 6) is 0.359. The van der Waals surface area contributed by atoms with Gasteiger partial charge in [-0.1, -0.05) is 41.9 Å². The molecule has 0 bridgehead atoms. The van der Waals surface area contributed by atoms with E-state index in [1.165, 1.54) is 13.2 Å². The molecule has 0 radical (unpaired) electrons. The van der Waals surface area contributed by atoms with Gasteiger partial charge in [-0.05, 0) is 61.1 Å². The van der Waals surface area contributed by atoms with Gasteiger partial charge in [0.25, 0.3) is 5.56 Å². The van der Waals surface area contributed by atoms with Crippen molar-refractivity contribution in [2.24, 2.45) is 7.05 Å². The maximum atomic E-state index is 13.8. The van der Waals surface area contributed by atoms with E-state index in [-0.39, 0.29) is 34.6 Å². The molecule has 258 valence electrons. The number of carbonyl (C=O) groups excluding carboxylic acids is 1. The number of nitrogens with zero attached hydrogens (tertiary/aromatic N) is 4. The molecule has 1 saturated heterocycles. The summed E-state index contributed by atoms with van der Waals surface area (Å²) in [6, 6.07) is 13.9. The fraction of sp³-hybridized carbons (Fsp3) is 0.306. The minimum absolute atomic E-state index is 0.0142. The van der Waals surface area contributed by atoms with E-state index < -0.39 is 17.4 Å². The molecule has 2 atom stereocenters. The first kappa shape index (κ1) is 33.5. The SMILES string of the molecule is COc1nc(-c2cccc(-c3cccc(Nc4nc(C(F)(F)F)cc5cnn(C)c(=O)c45)c3C)c2Cl)cc2c1C(NCC1CCC(=O)N1)CC2. The largest absolute Gasteiger partial charge is 0.481 e. The summed E-state index contributed by atoms with van der Waals surface area (Å²) in [5, 5.41) is 13.9. The molecule has 4 heterocycles. The number of alkyl halides is 3. The van der Waals surface area contributed by atoms with Gasteiger partial charge in [0, 0.05) is 59.9 Å². The van der Waals surface area contributed by atoms with Crippen LogP contribution in [0.4, 0.5) is 24.7 Å². The molecule has 0 spiro atoms. The number of fused-ring (bicyclic) bond motifs is 2. The van der Waals surface area contributed by atoms with Crippen LogP contribution >= 0.6 is 11.6 Å². The predicted octanol–water partition coefficient (Wildman–Crippen LogP) is 6.65. The number of carbonyl (C=O) groups is 1. The highest BCUT2D eigenvalue weighted by Gasteiger charge is 2.34. The van der Waals surface area contributed by atoms with Crippen molar-refractivity contribution in [3.8, 4) is 28.3 Å². The molecule has 0 saturated carbocycles. The Hall–Kier alpha value is -5.01. The van der Waals surface area contributed by atoms with E-state index in [4.69, 9.17) is 21.3 Å². The number of amides is 1. The third-order valence-electron chi connectivity index (χ3n) is 9.42. The van der Waals surface area contributed by atoms with Crippen molar-refractivity contribution in [1.82, 2.24) is 30.4 Å². The molecule has 50 heavy (non-hydrogen) atoms. The second-order valence-corrected chi connectivity index (χ2v) is 12.9. The maximum Gasteiger partial charge on any atom is 0.433 e. The van der Waals surface area contributed by atoms with E-state index in [0.29, 0.717) is 51.9 Å². The van der Waals surface area contributed by atoms with Gasteiger partial charge in [-0.15, -0.1) is 0 Å². The number of benzene rings is 2. The Bertz CT molecular complexity index is 2220. The average Bonchev–Trinajstić information content (AvgIpc) is 3.71.